The molecule has 2 N–H and O–H groups in total. The van der Waals surface area contributed by atoms with Crippen molar-refractivity contribution >= 4 is 10.0 Å². The van der Waals surface area contributed by atoms with Crippen molar-refractivity contribution in [1.82, 2.24) is 9.62 Å². The molecule has 118 valence electrons. The third-order valence-electron chi connectivity index (χ3n) is 3.67. The van der Waals surface area contributed by atoms with Crippen LogP contribution in [0.3, 0.4) is 0 Å². The van der Waals surface area contributed by atoms with Gasteiger partial charge in [0.1, 0.15) is 0 Å². The zero-order valence-electron chi connectivity index (χ0n) is 12.6. The molecule has 0 spiro atoms. The molecule has 1 aromatic rings. The Labute approximate surface area is 127 Å². The number of rotatable bonds is 8. The summed E-state index contributed by atoms with van der Waals surface area (Å²) in [5.74, 6) is 0. The fraction of sp³-hybridized carbons (Fsp3) is 0.600. The molecule has 1 saturated carbocycles. The van der Waals surface area contributed by atoms with Gasteiger partial charge in [-0.3, -0.25) is 0 Å². The van der Waals surface area contributed by atoms with E-state index >= 15 is 0 Å². The minimum absolute atomic E-state index is 0.297. The van der Waals surface area contributed by atoms with Crippen LogP contribution in [0.1, 0.15) is 31.7 Å². The van der Waals surface area contributed by atoms with Crippen LogP contribution in [0.15, 0.2) is 29.2 Å². The molecule has 0 radical (unpaired) electrons. The van der Waals surface area contributed by atoms with Gasteiger partial charge in [0, 0.05) is 26.2 Å². The Hall–Kier alpha value is -0.950. The third-order valence-corrected chi connectivity index (χ3v) is 5.54. The van der Waals surface area contributed by atoms with Crippen molar-refractivity contribution in [3.05, 3.63) is 29.8 Å². The minimum Gasteiger partial charge on any atom is -0.393 e. The average Bonchev–Trinajstić information content (AvgIpc) is 3.27. The molecule has 0 saturated heterocycles. The fourth-order valence-electron chi connectivity index (χ4n) is 2.00. The van der Waals surface area contributed by atoms with Crippen LogP contribution in [-0.2, 0) is 16.6 Å². The molecule has 0 aliphatic heterocycles. The highest BCUT2D eigenvalue weighted by atomic mass is 32.2. The van der Waals surface area contributed by atoms with Gasteiger partial charge in [-0.15, -0.1) is 0 Å². The van der Waals surface area contributed by atoms with Gasteiger partial charge in [0.25, 0.3) is 0 Å². The molecule has 5 nitrogen and oxygen atoms in total. The molecular formula is C15H24N2O3S. The summed E-state index contributed by atoms with van der Waals surface area (Å²) in [4.78, 5) is 0.297. The van der Waals surface area contributed by atoms with Gasteiger partial charge < -0.3 is 10.4 Å². The summed E-state index contributed by atoms with van der Waals surface area (Å²) in [6.07, 6.45) is 2.40. The van der Waals surface area contributed by atoms with E-state index in [1.54, 1.807) is 26.1 Å². The van der Waals surface area contributed by atoms with Gasteiger partial charge >= 0.3 is 0 Å². The summed E-state index contributed by atoms with van der Waals surface area (Å²) >= 11 is 0. The maximum atomic E-state index is 12.4. The van der Waals surface area contributed by atoms with Gasteiger partial charge in [-0.05, 0) is 43.9 Å². The lowest BCUT2D eigenvalue weighted by molar-refractivity contribution is 0.177. The second-order valence-corrected chi connectivity index (χ2v) is 7.81. The van der Waals surface area contributed by atoms with Crippen LogP contribution in [0.25, 0.3) is 0 Å². The number of hydrogen-bond donors (Lipinski definition) is 2. The number of aliphatic hydroxyl groups is 1. The van der Waals surface area contributed by atoms with E-state index in [1.807, 2.05) is 12.1 Å². The molecule has 0 heterocycles. The SMILES string of the molecule is CC(O)CCN(C)S(=O)(=O)c1ccc(CNC2CC2)cc1. The molecule has 1 aliphatic rings. The van der Waals surface area contributed by atoms with Crippen molar-refractivity contribution in [3.8, 4) is 0 Å². The van der Waals surface area contributed by atoms with Gasteiger partial charge in [-0.25, -0.2) is 12.7 Å². The van der Waals surface area contributed by atoms with Crippen molar-refractivity contribution in [1.29, 1.82) is 0 Å². The first-order valence-corrected chi connectivity index (χ1v) is 8.80. The summed E-state index contributed by atoms with van der Waals surface area (Å²) < 4.78 is 26.0. The van der Waals surface area contributed by atoms with E-state index in [-0.39, 0.29) is 0 Å². The van der Waals surface area contributed by atoms with Crippen LogP contribution in [0, 0.1) is 0 Å². The Kier molecular flexibility index (Phi) is 5.37. The van der Waals surface area contributed by atoms with Crippen LogP contribution in [0.4, 0.5) is 0 Å². The molecule has 1 unspecified atom stereocenters. The van der Waals surface area contributed by atoms with Crippen molar-refractivity contribution < 1.29 is 13.5 Å². The van der Waals surface area contributed by atoms with Crippen LogP contribution in [0.2, 0.25) is 0 Å². The molecule has 0 amide bonds. The Morgan fingerprint density at radius 3 is 2.48 bits per heavy atom. The predicted octanol–water partition coefficient (Wildman–Crippen LogP) is 1.33. The van der Waals surface area contributed by atoms with Crippen molar-refractivity contribution in [2.45, 2.75) is 49.8 Å². The minimum atomic E-state index is -3.47. The number of sulfonamides is 1. The Balaban J connectivity index is 1.98. The van der Waals surface area contributed by atoms with Crippen LogP contribution < -0.4 is 5.32 Å². The summed E-state index contributed by atoms with van der Waals surface area (Å²) in [7, 11) is -1.93. The smallest absolute Gasteiger partial charge is 0.242 e. The zero-order chi connectivity index (χ0) is 15.5. The van der Waals surface area contributed by atoms with Crippen LogP contribution in [0.5, 0.6) is 0 Å². The van der Waals surface area contributed by atoms with E-state index in [9.17, 15) is 13.5 Å². The number of benzene rings is 1. The molecule has 1 aliphatic carbocycles. The van der Waals surface area contributed by atoms with Crippen molar-refractivity contribution in [2.75, 3.05) is 13.6 Å². The Morgan fingerprint density at radius 1 is 1.33 bits per heavy atom. The van der Waals surface area contributed by atoms with Crippen LogP contribution in [-0.4, -0.2) is 43.6 Å². The average molecular weight is 312 g/mol. The Bertz CT molecular complexity index is 551. The molecule has 1 atom stereocenters. The number of nitrogens with zero attached hydrogens (tertiary/aromatic N) is 1. The second-order valence-electron chi connectivity index (χ2n) is 5.76. The second kappa shape index (κ2) is 6.87. The van der Waals surface area contributed by atoms with E-state index in [2.05, 4.69) is 5.32 Å². The molecule has 1 aromatic carbocycles. The Morgan fingerprint density at radius 2 is 1.95 bits per heavy atom. The van der Waals surface area contributed by atoms with Crippen molar-refractivity contribution in [2.24, 2.45) is 0 Å². The highest BCUT2D eigenvalue weighted by Gasteiger charge is 2.22. The monoisotopic (exact) mass is 312 g/mol. The topological polar surface area (TPSA) is 69.6 Å². The van der Waals surface area contributed by atoms with E-state index < -0.39 is 16.1 Å². The lowest BCUT2D eigenvalue weighted by Gasteiger charge is -2.18. The van der Waals surface area contributed by atoms with E-state index in [0.29, 0.717) is 23.9 Å². The lowest BCUT2D eigenvalue weighted by Crippen LogP contribution is -2.29. The standard InChI is InChI=1S/C15H24N2O3S/c1-12(18)9-10-17(2)21(19,20)15-7-3-13(4-8-15)11-16-14-5-6-14/h3-4,7-8,12,14,16,18H,5-6,9-11H2,1-2H3. The molecule has 0 aromatic heterocycles. The first-order valence-electron chi connectivity index (χ1n) is 7.36. The largest absolute Gasteiger partial charge is 0.393 e. The summed E-state index contributed by atoms with van der Waals surface area (Å²) in [6, 6.07) is 7.64. The summed E-state index contributed by atoms with van der Waals surface area (Å²) in [5, 5.41) is 12.7. The lowest BCUT2D eigenvalue weighted by atomic mass is 10.2. The maximum absolute atomic E-state index is 12.4. The number of nitrogens with one attached hydrogen (secondary N) is 1. The van der Waals surface area contributed by atoms with Gasteiger partial charge in [0.05, 0.1) is 11.0 Å². The molecule has 0 bridgehead atoms. The zero-order valence-corrected chi connectivity index (χ0v) is 13.4. The highest BCUT2D eigenvalue weighted by Crippen LogP contribution is 2.20. The number of aliphatic hydroxyl groups excluding tert-OH is 1. The van der Waals surface area contributed by atoms with E-state index in [0.717, 1.165) is 12.1 Å². The van der Waals surface area contributed by atoms with Crippen molar-refractivity contribution in [3.63, 3.8) is 0 Å². The first kappa shape index (κ1) is 16.4. The van der Waals surface area contributed by atoms with Gasteiger partial charge in [-0.1, -0.05) is 12.1 Å². The maximum Gasteiger partial charge on any atom is 0.242 e. The molecule has 21 heavy (non-hydrogen) atoms. The normalized spacial score (nSPS) is 17.1. The van der Waals surface area contributed by atoms with Gasteiger partial charge in [0.2, 0.25) is 10.0 Å². The predicted molar refractivity (Wildman–Crippen MR) is 82.4 cm³/mol. The fourth-order valence-corrected chi connectivity index (χ4v) is 3.18. The van der Waals surface area contributed by atoms with Crippen LogP contribution >= 0.6 is 0 Å². The highest BCUT2D eigenvalue weighted by molar-refractivity contribution is 7.89. The number of hydrogen-bond acceptors (Lipinski definition) is 4. The van der Waals surface area contributed by atoms with E-state index in [4.69, 9.17) is 0 Å². The first-order chi connectivity index (χ1) is 9.89. The molecular weight excluding hydrogens is 288 g/mol. The molecule has 6 heteroatoms. The molecule has 2 rings (SSSR count). The summed E-state index contributed by atoms with van der Waals surface area (Å²) in [5.41, 5.74) is 1.09. The third kappa shape index (κ3) is 4.78. The van der Waals surface area contributed by atoms with E-state index in [1.165, 1.54) is 17.1 Å². The quantitative estimate of drug-likeness (QED) is 0.760. The van der Waals surface area contributed by atoms with Gasteiger partial charge in [-0.2, -0.15) is 0 Å². The molecule has 1 fully saturated rings. The van der Waals surface area contributed by atoms with Gasteiger partial charge in [0.15, 0.2) is 0 Å². The summed E-state index contributed by atoms with van der Waals surface area (Å²) in [6.45, 7) is 2.75.